The van der Waals surface area contributed by atoms with E-state index < -0.39 is 0 Å². The molecule has 0 aliphatic carbocycles. The second-order valence-corrected chi connectivity index (χ2v) is 9.21. The molecule has 1 fully saturated rings. The number of anilines is 1. The quantitative estimate of drug-likeness (QED) is 0.557. The van der Waals surface area contributed by atoms with Gasteiger partial charge >= 0.3 is 0 Å². The number of aromatic nitrogens is 3. The van der Waals surface area contributed by atoms with Gasteiger partial charge < -0.3 is 10.2 Å². The highest BCUT2D eigenvalue weighted by Crippen LogP contribution is 2.23. The molecule has 1 aromatic heterocycles. The molecule has 8 heteroatoms. The first-order chi connectivity index (χ1) is 15.5. The Morgan fingerprint density at radius 2 is 1.78 bits per heavy atom. The Kier molecular flexibility index (Phi) is 7.24. The van der Waals surface area contributed by atoms with Crippen molar-refractivity contribution in [1.29, 1.82) is 0 Å². The molecule has 1 aliphatic rings. The number of rotatable bonds is 7. The topological polar surface area (TPSA) is 66.3 Å². The van der Waals surface area contributed by atoms with Crippen LogP contribution in [-0.4, -0.2) is 69.5 Å². The Balaban J connectivity index is 1.34. The number of hydrogen-bond donors (Lipinski definition) is 1. The average molecular weight is 451 g/mol. The summed E-state index contributed by atoms with van der Waals surface area (Å²) < 4.78 is 1.97. The zero-order valence-electron chi connectivity index (χ0n) is 18.9. The molecule has 32 heavy (non-hydrogen) atoms. The molecule has 0 radical (unpaired) electrons. The molecule has 1 aliphatic heterocycles. The van der Waals surface area contributed by atoms with E-state index in [4.69, 9.17) is 0 Å². The number of amides is 1. The lowest BCUT2D eigenvalue weighted by Gasteiger charge is -2.32. The van der Waals surface area contributed by atoms with Gasteiger partial charge in [-0.05, 0) is 50.2 Å². The number of carbonyl (C=O) groups excluding carboxylic acids is 1. The Morgan fingerprint density at radius 1 is 1.03 bits per heavy atom. The van der Waals surface area contributed by atoms with E-state index in [2.05, 4.69) is 44.5 Å². The number of thioether (sulfide) groups is 1. The zero-order chi connectivity index (χ0) is 22.5. The number of hydrogen-bond acceptors (Lipinski definition) is 6. The Bertz CT molecular complexity index is 1060. The third-order valence-corrected chi connectivity index (χ3v) is 6.64. The zero-order valence-corrected chi connectivity index (χ0v) is 19.7. The SMILES string of the molecule is Cc1cc(CN2CCN(C)CC2)ccc1NC(=O)CSc1nnc(C)n1-c1ccccc1. The third kappa shape index (κ3) is 5.56. The first-order valence-corrected chi connectivity index (χ1v) is 11.9. The van der Waals surface area contributed by atoms with Gasteiger partial charge in [0.1, 0.15) is 5.82 Å². The molecule has 1 amide bonds. The Labute approximate surface area is 193 Å². The number of carbonyl (C=O) groups is 1. The highest BCUT2D eigenvalue weighted by atomic mass is 32.2. The monoisotopic (exact) mass is 450 g/mol. The molecule has 0 spiro atoms. The summed E-state index contributed by atoms with van der Waals surface area (Å²) in [6.07, 6.45) is 0. The fourth-order valence-electron chi connectivity index (χ4n) is 3.86. The van der Waals surface area contributed by atoms with E-state index in [0.717, 1.165) is 55.5 Å². The molecule has 168 valence electrons. The van der Waals surface area contributed by atoms with E-state index in [1.165, 1.54) is 17.3 Å². The van der Waals surface area contributed by atoms with E-state index in [0.29, 0.717) is 5.16 Å². The molecule has 1 saturated heterocycles. The Morgan fingerprint density at radius 3 is 2.50 bits per heavy atom. The molecule has 2 aromatic carbocycles. The van der Waals surface area contributed by atoms with Gasteiger partial charge in [-0.15, -0.1) is 10.2 Å². The lowest BCUT2D eigenvalue weighted by molar-refractivity contribution is -0.113. The second-order valence-electron chi connectivity index (χ2n) is 8.27. The first-order valence-electron chi connectivity index (χ1n) is 10.9. The van der Waals surface area contributed by atoms with Crippen molar-refractivity contribution in [2.24, 2.45) is 0 Å². The van der Waals surface area contributed by atoms with E-state index >= 15 is 0 Å². The fourth-order valence-corrected chi connectivity index (χ4v) is 4.65. The maximum atomic E-state index is 12.6. The van der Waals surface area contributed by atoms with Crippen LogP contribution in [0.5, 0.6) is 0 Å². The van der Waals surface area contributed by atoms with E-state index in [1.807, 2.05) is 54.8 Å². The van der Waals surface area contributed by atoms with Crippen LogP contribution in [0.2, 0.25) is 0 Å². The predicted octanol–water partition coefficient (Wildman–Crippen LogP) is 3.36. The molecule has 1 N–H and O–H groups in total. The van der Waals surface area contributed by atoms with E-state index in [-0.39, 0.29) is 11.7 Å². The molecule has 4 rings (SSSR count). The van der Waals surface area contributed by atoms with E-state index in [9.17, 15) is 4.79 Å². The minimum atomic E-state index is -0.0508. The summed E-state index contributed by atoms with van der Waals surface area (Å²) in [5.74, 6) is 1.02. The van der Waals surface area contributed by atoms with Crippen LogP contribution in [0.15, 0.2) is 53.7 Å². The smallest absolute Gasteiger partial charge is 0.234 e. The summed E-state index contributed by atoms with van der Waals surface area (Å²) in [6, 6.07) is 16.3. The molecule has 0 saturated carbocycles. The summed E-state index contributed by atoms with van der Waals surface area (Å²) in [4.78, 5) is 17.5. The van der Waals surface area contributed by atoms with Gasteiger partial charge in [0, 0.05) is 44.1 Å². The maximum absolute atomic E-state index is 12.6. The van der Waals surface area contributed by atoms with Gasteiger partial charge in [-0.25, -0.2) is 0 Å². The summed E-state index contributed by atoms with van der Waals surface area (Å²) in [5, 5.41) is 12.2. The van der Waals surface area contributed by atoms with Crippen LogP contribution in [0, 0.1) is 13.8 Å². The average Bonchev–Trinajstić information content (AvgIpc) is 3.16. The lowest BCUT2D eigenvalue weighted by Crippen LogP contribution is -2.43. The van der Waals surface area contributed by atoms with Crippen molar-refractivity contribution >= 4 is 23.4 Å². The van der Waals surface area contributed by atoms with Gasteiger partial charge in [-0.1, -0.05) is 42.1 Å². The normalized spacial score (nSPS) is 15.1. The van der Waals surface area contributed by atoms with Crippen LogP contribution >= 0.6 is 11.8 Å². The molecular formula is C24H30N6OS. The summed E-state index contributed by atoms with van der Waals surface area (Å²) in [6.45, 7) is 9.33. The first kappa shape index (κ1) is 22.5. The van der Waals surface area contributed by atoms with Gasteiger partial charge in [0.25, 0.3) is 0 Å². The molecular weight excluding hydrogens is 420 g/mol. The molecule has 7 nitrogen and oxygen atoms in total. The van der Waals surface area contributed by atoms with Gasteiger partial charge in [0.15, 0.2) is 5.16 Å². The van der Waals surface area contributed by atoms with Crippen molar-refractivity contribution in [2.45, 2.75) is 25.5 Å². The van der Waals surface area contributed by atoms with Crippen LogP contribution in [0.1, 0.15) is 17.0 Å². The highest BCUT2D eigenvalue weighted by molar-refractivity contribution is 7.99. The van der Waals surface area contributed by atoms with Crippen molar-refractivity contribution in [3.05, 3.63) is 65.5 Å². The fraction of sp³-hybridized carbons (Fsp3) is 0.375. The number of para-hydroxylation sites is 1. The molecule has 2 heterocycles. The summed E-state index contributed by atoms with van der Waals surface area (Å²) >= 11 is 1.39. The van der Waals surface area contributed by atoms with Crippen molar-refractivity contribution in [2.75, 3.05) is 44.3 Å². The number of nitrogens with zero attached hydrogens (tertiary/aromatic N) is 5. The Hall–Kier alpha value is -2.68. The number of likely N-dealkylation sites (N-methyl/N-ethyl adjacent to an activating group) is 1. The molecule has 3 aromatic rings. The molecule has 0 bridgehead atoms. The van der Waals surface area contributed by atoms with Crippen molar-refractivity contribution in [1.82, 2.24) is 24.6 Å². The highest BCUT2D eigenvalue weighted by Gasteiger charge is 2.16. The van der Waals surface area contributed by atoms with Crippen LogP contribution in [0.3, 0.4) is 0 Å². The second kappa shape index (κ2) is 10.3. The lowest BCUT2D eigenvalue weighted by atomic mass is 10.1. The van der Waals surface area contributed by atoms with Crippen molar-refractivity contribution < 1.29 is 4.79 Å². The van der Waals surface area contributed by atoms with Crippen LogP contribution < -0.4 is 5.32 Å². The minimum Gasteiger partial charge on any atom is -0.325 e. The predicted molar refractivity (Wildman–Crippen MR) is 129 cm³/mol. The number of nitrogens with one attached hydrogen (secondary N) is 1. The van der Waals surface area contributed by atoms with Gasteiger partial charge in [-0.3, -0.25) is 14.3 Å². The van der Waals surface area contributed by atoms with Gasteiger partial charge in [-0.2, -0.15) is 0 Å². The number of aryl methyl sites for hydroxylation is 2. The minimum absolute atomic E-state index is 0.0508. The van der Waals surface area contributed by atoms with Crippen LogP contribution in [-0.2, 0) is 11.3 Å². The number of benzene rings is 2. The molecule has 0 atom stereocenters. The van der Waals surface area contributed by atoms with Crippen molar-refractivity contribution in [3.63, 3.8) is 0 Å². The molecule has 0 unspecified atom stereocenters. The van der Waals surface area contributed by atoms with E-state index in [1.54, 1.807) is 0 Å². The van der Waals surface area contributed by atoms with Gasteiger partial charge in [0.2, 0.25) is 5.91 Å². The van der Waals surface area contributed by atoms with Crippen LogP contribution in [0.25, 0.3) is 5.69 Å². The number of piperazine rings is 1. The standard InChI is InChI=1S/C24H30N6OS/c1-18-15-20(16-29-13-11-28(3)12-14-29)9-10-22(18)25-23(31)17-32-24-27-26-19(2)30(24)21-7-5-4-6-8-21/h4-10,15H,11-14,16-17H2,1-3H3,(H,25,31). The largest absolute Gasteiger partial charge is 0.325 e. The summed E-state index contributed by atoms with van der Waals surface area (Å²) in [5.41, 5.74) is 4.22. The maximum Gasteiger partial charge on any atom is 0.234 e. The summed E-state index contributed by atoms with van der Waals surface area (Å²) in [7, 11) is 2.17. The third-order valence-electron chi connectivity index (χ3n) is 5.71. The van der Waals surface area contributed by atoms with Gasteiger partial charge in [0.05, 0.1) is 5.75 Å². The van der Waals surface area contributed by atoms with Crippen molar-refractivity contribution in [3.8, 4) is 5.69 Å². The van der Waals surface area contributed by atoms with Crippen LogP contribution in [0.4, 0.5) is 5.69 Å².